The number of rotatable bonds is 7. The van der Waals surface area contributed by atoms with Crippen molar-refractivity contribution in [3.05, 3.63) is 90.0 Å². The highest BCUT2D eigenvalue weighted by molar-refractivity contribution is 5.92. The average molecular weight is 534 g/mol. The number of piperazine rings is 1. The third-order valence-electron chi connectivity index (χ3n) is 7.70. The van der Waals surface area contributed by atoms with Crippen LogP contribution in [0.1, 0.15) is 16.8 Å². The molecule has 0 radical (unpaired) electrons. The molecule has 0 aliphatic carbocycles. The van der Waals surface area contributed by atoms with Gasteiger partial charge in [-0.25, -0.2) is 9.67 Å². The number of hydrogen-bond acceptors (Lipinski definition) is 9. The van der Waals surface area contributed by atoms with Crippen LogP contribution in [0.2, 0.25) is 0 Å². The van der Waals surface area contributed by atoms with Crippen molar-refractivity contribution in [1.29, 1.82) is 0 Å². The highest BCUT2D eigenvalue weighted by Gasteiger charge is 2.29. The summed E-state index contributed by atoms with van der Waals surface area (Å²) in [6.45, 7) is 5.57. The molecule has 202 valence electrons. The second kappa shape index (κ2) is 10.4. The summed E-state index contributed by atoms with van der Waals surface area (Å²) in [5.74, 6) is 3.49. The van der Waals surface area contributed by atoms with Gasteiger partial charge in [-0.2, -0.15) is 15.1 Å². The van der Waals surface area contributed by atoms with E-state index in [2.05, 4.69) is 65.7 Å². The van der Waals surface area contributed by atoms with E-state index in [4.69, 9.17) is 19.8 Å². The summed E-state index contributed by atoms with van der Waals surface area (Å²) in [6, 6.07) is 18.7. The molecule has 0 saturated carbocycles. The maximum Gasteiger partial charge on any atom is 0.229 e. The Morgan fingerprint density at radius 3 is 2.33 bits per heavy atom. The molecule has 7 rings (SSSR count). The molecule has 5 aromatic rings. The summed E-state index contributed by atoms with van der Waals surface area (Å²) >= 11 is 0. The fraction of sp³-hybridized carbons (Fsp3) is 0.300. The molecule has 10 heteroatoms. The predicted octanol–water partition coefficient (Wildman–Crippen LogP) is 3.56. The topological polar surface area (TPSA) is 88.3 Å². The number of nitrogens with zero attached hydrogens (tertiary/aromatic N) is 9. The predicted molar refractivity (Wildman–Crippen MR) is 155 cm³/mol. The second-order valence-corrected chi connectivity index (χ2v) is 10.2. The quantitative estimate of drug-likeness (QED) is 0.312. The van der Waals surface area contributed by atoms with E-state index < -0.39 is 0 Å². The number of methoxy groups -OCH3 is 1. The van der Waals surface area contributed by atoms with E-state index in [1.807, 2.05) is 24.4 Å². The smallest absolute Gasteiger partial charge is 0.229 e. The molecule has 3 aromatic heterocycles. The van der Waals surface area contributed by atoms with Crippen molar-refractivity contribution in [2.45, 2.75) is 19.5 Å². The first kappa shape index (κ1) is 24.3. The zero-order valence-electron chi connectivity index (χ0n) is 22.5. The van der Waals surface area contributed by atoms with Crippen LogP contribution in [-0.2, 0) is 19.5 Å². The van der Waals surface area contributed by atoms with Gasteiger partial charge in [-0.05, 0) is 23.3 Å². The zero-order valence-corrected chi connectivity index (χ0v) is 22.5. The molecule has 2 aromatic carbocycles. The van der Waals surface area contributed by atoms with Crippen LogP contribution in [0.15, 0.2) is 73.2 Å². The molecule has 2 aliphatic rings. The van der Waals surface area contributed by atoms with Gasteiger partial charge in [-0.1, -0.05) is 42.5 Å². The summed E-state index contributed by atoms with van der Waals surface area (Å²) in [5.41, 5.74) is 4.39. The molecular weight excluding hydrogens is 502 g/mol. The maximum atomic E-state index is 5.36. The first-order valence-corrected chi connectivity index (χ1v) is 13.7. The van der Waals surface area contributed by atoms with E-state index in [9.17, 15) is 0 Å². The lowest BCUT2D eigenvalue weighted by atomic mass is 10.1. The minimum atomic E-state index is 0.673. The third-order valence-corrected chi connectivity index (χ3v) is 7.70. The van der Waals surface area contributed by atoms with E-state index >= 15 is 0 Å². The maximum absolute atomic E-state index is 5.36. The Morgan fingerprint density at radius 2 is 1.57 bits per heavy atom. The standard InChI is InChI=1S/C30H31N9O/c1-40-24-9-7-23(8-10-24)20-38-14-11-25-27-28(38)33-30(34-29(27)39(35-25)21-22-5-3-2-4-6-22)37-17-15-36(16-18-37)26-19-31-12-13-32-26/h2-10,12-13,19H,11,14-18,20-21H2,1H3. The van der Waals surface area contributed by atoms with Gasteiger partial charge in [0.15, 0.2) is 5.65 Å². The molecule has 40 heavy (non-hydrogen) atoms. The van der Waals surface area contributed by atoms with Gasteiger partial charge in [0, 0.05) is 58.1 Å². The summed E-state index contributed by atoms with van der Waals surface area (Å²) < 4.78 is 7.42. The molecule has 0 bridgehead atoms. The molecule has 0 atom stereocenters. The van der Waals surface area contributed by atoms with Crippen LogP contribution in [0.5, 0.6) is 5.75 Å². The summed E-state index contributed by atoms with van der Waals surface area (Å²) in [6.07, 6.45) is 6.13. The Labute approximate surface area is 232 Å². The van der Waals surface area contributed by atoms with Crippen LogP contribution in [0.4, 0.5) is 17.6 Å². The number of benzene rings is 2. The van der Waals surface area contributed by atoms with Crippen molar-refractivity contribution in [2.75, 3.05) is 54.5 Å². The van der Waals surface area contributed by atoms with E-state index in [-0.39, 0.29) is 0 Å². The average Bonchev–Trinajstić information content (AvgIpc) is 3.37. The molecule has 10 nitrogen and oxygen atoms in total. The van der Waals surface area contributed by atoms with Crippen LogP contribution in [0.3, 0.4) is 0 Å². The van der Waals surface area contributed by atoms with Gasteiger partial charge in [0.2, 0.25) is 5.95 Å². The molecule has 1 fully saturated rings. The van der Waals surface area contributed by atoms with Gasteiger partial charge < -0.3 is 19.4 Å². The highest BCUT2D eigenvalue weighted by atomic mass is 16.5. The molecular formula is C30H31N9O. The van der Waals surface area contributed by atoms with Crippen molar-refractivity contribution in [3.8, 4) is 5.75 Å². The highest BCUT2D eigenvalue weighted by Crippen LogP contribution is 2.35. The van der Waals surface area contributed by atoms with Crippen LogP contribution >= 0.6 is 0 Å². The first-order valence-electron chi connectivity index (χ1n) is 13.7. The van der Waals surface area contributed by atoms with Crippen molar-refractivity contribution in [1.82, 2.24) is 29.7 Å². The summed E-state index contributed by atoms with van der Waals surface area (Å²) in [5, 5.41) is 6.11. The van der Waals surface area contributed by atoms with Crippen LogP contribution in [-0.4, -0.2) is 69.5 Å². The lowest BCUT2D eigenvalue weighted by Crippen LogP contribution is -2.47. The minimum absolute atomic E-state index is 0.673. The molecule has 5 heterocycles. The van der Waals surface area contributed by atoms with Crippen LogP contribution < -0.4 is 19.4 Å². The largest absolute Gasteiger partial charge is 0.497 e. The number of hydrogen-bond donors (Lipinski definition) is 0. The normalized spacial score (nSPS) is 15.1. The number of ether oxygens (including phenoxy) is 1. The Kier molecular flexibility index (Phi) is 6.35. The molecule has 0 unspecified atom stereocenters. The van der Waals surface area contributed by atoms with Gasteiger partial charge >= 0.3 is 0 Å². The molecule has 0 amide bonds. The number of aromatic nitrogens is 6. The molecule has 1 saturated heterocycles. The van der Waals surface area contributed by atoms with E-state index in [0.29, 0.717) is 6.54 Å². The fourth-order valence-electron chi connectivity index (χ4n) is 5.57. The van der Waals surface area contributed by atoms with Gasteiger partial charge in [-0.3, -0.25) is 4.98 Å². The van der Waals surface area contributed by atoms with Gasteiger partial charge in [0.25, 0.3) is 0 Å². The van der Waals surface area contributed by atoms with Crippen molar-refractivity contribution >= 4 is 28.6 Å². The van der Waals surface area contributed by atoms with Crippen molar-refractivity contribution in [2.24, 2.45) is 0 Å². The fourth-order valence-corrected chi connectivity index (χ4v) is 5.57. The molecule has 0 spiro atoms. The SMILES string of the molecule is COc1ccc(CN2CCc3nn(Cc4ccccc4)c4nc(N5CCN(c6cnccn6)CC5)nc2c34)cc1. The van der Waals surface area contributed by atoms with Gasteiger partial charge in [-0.15, -0.1) is 0 Å². The monoisotopic (exact) mass is 533 g/mol. The van der Waals surface area contributed by atoms with E-state index in [1.165, 1.54) is 11.1 Å². The molecule has 2 aliphatic heterocycles. The van der Waals surface area contributed by atoms with Crippen LogP contribution in [0, 0.1) is 0 Å². The van der Waals surface area contributed by atoms with Crippen LogP contribution in [0.25, 0.3) is 11.0 Å². The Balaban J connectivity index is 1.24. The van der Waals surface area contributed by atoms with Crippen molar-refractivity contribution in [3.63, 3.8) is 0 Å². The first-order chi connectivity index (χ1) is 19.7. The minimum Gasteiger partial charge on any atom is -0.497 e. The Hall–Kier alpha value is -4.73. The van der Waals surface area contributed by atoms with Gasteiger partial charge in [0.05, 0.1) is 30.9 Å². The van der Waals surface area contributed by atoms with E-state index in [1.54, 1.807) is 19.5 Å². The number of anilines is 3. The second-order valence-electron chi connectivity index (χ2n) is 10.2. The summed E-state index contributed by atoms with van der Waals surface area (Å²) in [4.78, 5) is 26.0. The Bertz CT molecular complexity index is 1600. The lowest BCUT2D eigenvalue weighted by Gasteiger charge is -2.36. The van der Waals surface area contributed by atoms with Crippen molar-refractivity contribution < 1.29 is 4.74 Å². The zero-order chi connectivity index (χ0) is 26.9. The lowest BCUT2D eigenvalue weighted by molar-refractivity contribution is 0.414. The Morgan fingerprint density at radius 1 is 0.800 bits per heavy atom. The summed E-state index contributed by atoms with van der Waals surface area (Å²) in [7, 11) is 1.69. The van der Waals surface area contributed by atoms with Gasteiger partial charge in [0.1, 0.15) is 17.4 Å². The third kappa shape index (κ3) is 4.66. The molecule has 0 N–H and O–H groups in total. The van der Waals surface area contributed by atoms with E-state index in [0.717, 1.165) is 85.8 Å².